The predicted molar refractivity (Wildman–Crippen MR) is 109 cm³/mol. The summed E-state index contributed by atoms with van der Waals surface area (Å²) in [6.07, 6.45) is -0.781. The zero-order valence-electron chi connectivity index (χ0n) is 16.0. The lowest BCUT2D eigenvalue weighted by molar-refractivity contribution is -0.138. The highest BCUT2D eigenvalue weighted by Gasteiger charge is 2.40. The molecule has 0 spiro atoms. The van der Waals surface area contributed by atoms with Gasteiger partial charge in [0.15, 0.2) is 0 Å². The van der Waals surface area contributed by atoms with Crippen LogP contribution in [0.5, 0.6) is 0 Å². The normalized spacial score (nSPS) is 13.3. The number of carboxylic acid groups (broad SMARTS) is 1. The van der Waals surface area contributed by atoms with E-state index in [4.69, 9.17) is 4.74 Å². The van der Waals surface area contributed by atoms with Crippen LogP contribution in [0.15, 0.2) is 78.9 Å². The van der Waals surface area contributed by atoms with Crippen molar-refractivity contribution in [1.29, 1.82) is 0 Å². The highest BCUT2D eigenvalue weighted by molar-refractivity contribution is 5.82. The topological polar surface area (TPSA) is 66.8 Å². The third kappa shape index (κ3) is 3.36. The molecule has 29 heavy (non-hydrogen) atoms. The molecule has 1 unspecified atom stereocenters. The summed E-state index contributed by atoms with van der Waals surface area (Å²) in [6.45, 7) is 0. The highest BCUT2D eigenvalue weighted by atomic mass is 16.5. The van der Waals surface area contributed by atoms with Crippen LogP contribution >= 0.6 is 0 Å². The molecular weight excluding hydrogens is 366 g/mol. The number of amides is 1. The fourth-order valence-corrected chi connectivity index (χ4v) is 4.16. The first kappa shape index (κ1) is 18.7. The van der Waals surface area contributed by atoms with Gasteiger partial charge in [-0.25, -0.2) is 4.79 Å². The van der Waals surface area contributed by atoms with Crippen molar-refractivity contribution < 1.29 is 19.4 Å². The fraction of sp³-hybridized carbons (Fsp3) is 0.167. The number of nitrogens with zero attached hydrogens (tertiary/aromatic N) is 1. The Morgan fingerprint density at radius 2 is 1.41 bits per heavy atom. The molecule has 0 aromatic heterocycles. The van der Waals surface area contributed by atoms with Crippen molar-refractivity contribution in [2.75, 3.05) is 7.11 Å². The molecule has 146 valence electrons. The van der Waals surface area contributed by atoms with E-state index in [0.717, 1.165) is 27.8 Å². The van der Waals surface area contributed by atoms with E-state index < -0.39 is 24.1 Å². The Hall–Kier alpha value is -3.60. The van der Waals surface area contributed by atoms with E-state index in [1.54, 1.807) is 4.90 Å². The van der Waals surface area contributed by atoms with E-state index >= 15 is 0 Å². The van der Waals surface area contributed by atoms with Crippen LogP contribution in [0.25, 0.3) is 11.1 Å². The zero-order chi connectivity index (χ0) is 20.4. The van der Waals surface area contributed by atoms with E-state index in [9.17, 15) is 14.7 Å². The smallest absolute Gasteiger partial charge is 0.410 e. The van der Waals surface area contributed by atoms with Crippen LogP contribution in [-0.2, 0) is 9.53 Å². The molecule has 0 saturated carbocycles. The number of hydrogen-bond acceptors (Lipinski definition) is 3. The molecule has 1 atom stereocenters. The molecule has 3 aromatic carbocycles. The first-order chi connectivity index (χ1) is 14.1. The molecule has 0 fully saturated rings. The molecule has 0 bridgehead atoms. The summed E-state index contributed by atoms with van der Waals surface area (Å²) in [5.41, 5.74) is 4.77. The fourth-order valence-electron chi connectivity index (χ4n) is 4.16. The van der Waals surface area contributed by atoms with Gasteiger partial charge >= 0.3 is 12.1 Å². The molecule has 5 heteroatoms. The minimum absolute atomic E-state index is 0.222. The quantitative estimate of drug-likeness (QED) is 0.666. The van der Waals surface area contributed by atoms with Crippen LogP contribution in [0.4, 0.5) is 4.79 Å². The number of carbonyl (C=O) groups excluding carboxylic acids is 1. The summed E-state index contributed by atoms with van der Waals surface area (Å²) in [5.74, 6) is -0.979. The molecule has 0 radical (unpaired) electrons. The van der Waals surface area contributed by atoms with Crippen LogP contribution in [0.3, 0.4) is 0 Å². The van der Waals surface area contributed by atoms with Crippen molar-refractivity contribution in [3.63, 3.8) is 0 Å². The van der Waals surface area contributed by atoms with Gasteiger partial charge in [-0.3, -0.25) is 9.69 Å². The molecular formula is C24H21NO4. The number of rotatable bonds is 5. The lowest BCUT2D eigenvalue weighted by Crippen LogP contribution is -2.39. The van der Waals surface area contributed by atoms with Gasteiger partial charge in [-0.15, -0.1) is 0 Å². The number of aliphatic carboxylic acids is 1. The van der Waals surface area contributed by atoms with Crippen LogP contribution in [0, 0.1) is 0 Å². The molecule has 0 saturated heterocycles. The van der Waals surface area contributed by atoms with Crippen molar-refractivity contribution in [3.8, 4) is 11.1 Å². The molecule has 5 nitrogen and oxygen atoms in total. The largest absolute Gasteiger partial charge is 0.481 e. The third-order valence-electron chi connectivity index (χ3n) is 5.35. The van der Waals surface area contributed by atoms with Crippen molar-refractivity contribution in [3.05, 3.63) is 95.6 Å². The lowest BCUT2D eigenvalue weighted by Gasteiger charge is -2.36. The summed E-state index contributed by atoms with van der Waals surface area (Å²) in [5, 5.41) is 9.60. The van der Waals surface area contributed by atoms with Gasteiger partial charge in [0.2, 0.25) is 0 Å². The number of hydrogen-bond donors (Lipinski definition) is 1. The second-order valence-corrected chi connectivity index (χ2v) is 6.98. The Kier molecular flexibility index (Phi) is 5.04. The average molecular weight is 387 g/mol. The van der Waals surface area contributed by atoms with E-state index in [-0.39, 0.29) is 6.42 Å². The Morgan fingerprint density at radius 3 is 1.93 bits per heavy atom. The maximum atomic E-state index is 13.0. The van der Waals surface area contributed by atoms with Crippen LogP contribution in [0.2, 0.25) is 0 Å². The molecule has 1 N–H and O–H groups in total. The molecule has 0 aliphatic heterocycles. The number of fused-ring (bicyclic) bond motifs is 3. The maximum absolute atomic E-state index is 13.0. The zero-order valence-corrected chi connectivity index (χ0v) is 16.0. The molecule has 1 aliphatic carbocycles. The van der Waals surface area contributed by atoms with Crippen molar-refractivity contribution in [1.82, 2.24) is 4.90 Å². The third-order valence-corrected chi connectivity index (χ3v) is 5.35. The molecule has 3 aromatic rings. The lowest BCUT2D eigenvalue weighted by atomic mass is 9.96. The van der Waals surface area contributed by atoms with Gasteiger partial charge in [0.1, 0.15) is 0 Å². The SMILES string of the molecule is COC(=O)N(C(CC(=O)O)c1ccccc1)C1c2ccccc2-c2ccccc21. The molecule has 1 aliphatic rings. The van der Waals surface area contributed by atoms with E-state index in [1.165, 1.54) is 7.11 Å². The van der Waals surface area contributed by atoms with E-state index in [1.807, 2.05) is 78.9 Å². The monoisotopic (exact) mass is 387 g/mol. The second kappa shape index (κ2) is 7.80. The van der Waals surface area contributed by atoms with Crippen LogP contribution in [0.1, 0.15) is 35.2 Å². The predicted octanol–water partition coefficient (Wildman–Crippen LogP) is 5.04. The van der Waals surface area contributed by atoms with Crippen molar-refractivity contribution in [2.45, 2.75) is 18.5 Å². The Morgan fingerprint density at radius 1 is 0.897 bits per heavy atom. The van der Waals surface area contributed by atoms with E-state index in [2.05, 4.69) is 0 Å². The summed E-state index contributed by atoms with van der Waals surface area (Å²) >= 11 is 0. The summed E-state index contributed by atoms with van der Waals surface area (Å²) < 4.78 is 5.13. The maximum Gasteiger partial charge on any atom is 0.410 e. The number of carbonyl (C=O) groups is 2. The van der Waals surface area contributed by atoms with Crippen molar-refractivity contribution in [2.24, 2.45) is 0 Å². The van der Waals surface area contributed by atoms with Gasteiger partial charge in [0.05, 0.1) is 25.6 Å². The summed E-state index contributed by atoms with van der Waals surface area (Å²) in [4.78, 5) is 26.3. The average Bonchev–Trinajstić information content (AvgIpc) is 3.08. The van der Waals surface area contributed by atoms with Gasteiger partial charge in [-0.1, -0.05) is 78.9 Å². The van der Waals surface area contributed by atoms with Gasteiger partial charge in [-0.2, -0.15) is 0 Å². The Bertz CT molecular complexity index is 1000. The highest BCUT2D eigenvalue weighted by Crippen LogP contribution is 2.49. The van der Waals surface area contributed by atoms with Gasteiger partial charge in [0, 0.05) is 0 Å². The number of benzene rings is 3. The summed E-state index contributed by atoms with van der Waals surface area (Å²) in [7, 11) is 1.32. The second-order valence-electron chi connectivity index (χ2n) is 6.98. The summed E-state index contributed by atoms with van der Waals surface area (Å²) in [6, 6.07) is 23.9. The van der Waals surface area contributed by atoms with Gasteiger partial charge in [-0.05, 0) is 27.8 Å². The minimum Gasteiger partial charge on any atom is -0.481 e. The molecule has 4 rings (SSSR count). The van der Waals surface area contributed by atoms with Gasteiger partial charge in [0.25, 0.3) is 0 Å². The molecule has 0 heterocycles. The number of carboxylic acids is 1. The first-order valence-electron chi connectivity index (χ1n) is 9.43. The first-order valence-corrected chi connectivity index (χ1v) is 9.43. The standard InChI is InChI=1S/C24H21NO4/c1-29-24(28)25(21(15-22(26)27)16-9-3-2-4-10-16)23-19-13-7-5-11-17(19)18-12-6-8-14-20(18)23/h2-14,21,23H,15H2,1H3,(H,26,27). The van der Waals surface area contributed by atoms with Crippen LogP contribution < -0.4 is 0 Å². The van der Waals surface area contributed by atoms with E-state index in [0.29, 0.717) is 0 Å². The minimum atomic E-state index is -0.979. The number of methoxy groups -OCH3 is 1. The number of ether oxygens (including phenoxy) is 1. The Balaban J connectivity index is 1.91. The van der Waals surface area contributed by atoms with Gasteiger partial charge < -0.3 is 9.84 Å². The van der Waals surface area contributed by atoms with Crippen LogP contribution in [-0.4, -0.2) is 29.2 Å². The molecule has 1 amide bonds. The Labute approximate surface area is 169 Å². The van der Waals surface area contributed by atoms with Crippen molar-refractivity contribution >= 4 is 12.1 Å².